The van der Waals surface area contributed by atoms with Crippen molar-refractivity contribution in [1.82, 2.24) is 5.43 Å². The summed E-state index contributed by atoms with van der Waals surface area (Å²) >= 11 is 1.62. The zero-order valence-electron chi connectivity index (χ0n) is 16.1. The SMILES string of the molecule is Cc1cccc(N=C2NN=C(c3ccc4c(c3)CCN4S(C)(=O)=O)CS2)c1C. The number of nitrogens with zero attached hydrogens (tertiary/aromatic N) is 3. The number of hydrazone groups is 1. The Morgan fingerprint density at radius 3 is 2.75 bits per heavy atom. The van der Waals surface area contributed by atoms with Crippen molar-refractivity contribution in [3.63, 3.8) is 0 Å². The number of fused-ring (bicyclic) bond motifs is 1. The van der Waals surface area contributed by atoms with E-state index in [2.05, 4.69) is 41.5 Å². The van der Waals surface area contributed by atoms with Gasteiger partial charge in [-0.2, -0.15) is 5.10 Å². The van der Waals surface area contributed by atoms with E-state index in [0.717, 1.165) is 39.8 Å². The average Bonchev–Trinajstić information content (AvgIpc) is 3.10. The van der Waals surface area contributed by atoms with Crippen LogP contribution in [0.15, 0.2) is 46.5 Å². The van der Waals surface area contributed by atoms with Gasteiger partial charge in [0.2, 0.25) is 10.0 Å². The predicted molar refractivity (Wildman–Crippen MR) is 117 cm³/mol. The molecule has 0 aromatic heterocycles. The maximum absolute atomic E-state index is 11.9. The van der Waals surface area contributed by atoms with E-state index < -0.39 is 10.0 Å². The van der Waals surface area contributed by atoms with E-state index in [1.807, 2.05) is 24.3 Å². The first-order chi connectivity index (χ1) is 13.3. The molecule has 0 saturated carbocycles. The number of rotatable bonds is 3. The van der Waals surface area contributed by atoms with Gasteiger partial charge in [0, 0.05) is 12.3 Å². The highest BCUT2D eigenvalue weighted by Crippen LogP contribution is 2.31. The second kappa shape index (κ2) is 7.25. The van der Waals surface area contributed by atoms with E-state index >= 15 is 0 Å². The molecule has 0 saturated heterocycles. The summed E-state index contributed by atoms with van der Waals surface area (Å²) in [6.07, 6.45) is 1.97. The first-order valence-corrected chi connectivity index (χ1v) is 11.9. The second-order valence-corrected chi connectivity index (χ2v) is 9.89. The van der Waals surface area contributed by atoms with Crippen LogP contribution in [0.5, 0.6) is 0 Å². The van der Waals surface area contributed by atoms with E-state index in [9.17, 15) is 8.42 Å². The largest absolute Gasteiger partial charge is 0.270 e. The molecule has 1 N–H and O–H groups in total. The topological polar surface area (TPSA) is 74.1 Å². The quantitative estimate of drug-likeness (QED) is 0.836. The van der Waals surface area contributed by atoms with Gasteiger partial charge < -0.3 is 0 Å². The Kier molecular flexibility index (Phi) is 4.93. The summed E-state index contributed by atoms with van der Waals surface area (Å²) in [6.45, 7) is 4.65. The molecule has 0 amide bonds. The summed E-state index contributed by atoms with van der Waals surface area (Å²) in [5.74, 6) is 0.714. The summed E-state index contributed by atoms with van der Waals surface area (Å²) in [6, 6.07) is 12.0. The van der Waals surface area contributed by atoms with Crippen LogP contribution in [-0.2, 0) is 16.4 Å². The average molecular weight is 415 g/mol. The minimum atomic E-state index is -3.23. The van der Waals surface area contributed by atoms with Crippen molar-refractivity contribution in [3.8, 4) is 0 Å². The fourth-order valence-corrected chi connectivity index (χ4v) is 5.12. The second-order valence-electron chi connectivity index (χ2n) is 7.02. The van der Waals surface area contributed by atoms with Crippen LogP contribution in [-0.4, -0.2) is 37.9 Å². The maximum atomic E-state index is 11.9. The normalized spacial score (nSPS) is 18.0. The number of thioether (sulfide) groups is 1. The van der Waals surface area contributed by atoms with Gasteiger partial charge >= 0.3 is 0 Å². The molecule has 2 aromatic rings. The molecule has 28 heavy (non-hydrogen) atoms. The highest BCUT2D eigenvalue weighted by molar-refractivity contribution is 8.14. The van der Waals surface area contributed by atoms with Crippen molar-refractivity contribution in [2.75, 3.05) is 22.9 Å². The molecule has 4 rings (SSSR count). The van der Waals surface area contributed by atoms with Crippen LogP contribution < -0.4 is 9.73 Å². The highest BCUT2D eigenvalue weighted by Gasteiger charge is 2.26. The molecule has 0 fully saturated rings. The smallest absolute Gasteiger partial charge is 0.232 e. The van der Waals surface area contributed by atoms with Crippen molar-refractivity contribution in [2.45, 2.75) is 20.3 Å². The Morgan fingerprint density at radius 1 is 1.21 bits per heavy atom. The Morgan fingerprint density at radius 2 is 2.04 bits per heavy atom. The zero-order chi connectivity index (χ0) is 19.9. The molecule has 0 spiro atoms. The van der Waals surface area contributed by atoms with Gasteiger partial charge in [0.05, 0.1) is 23.3 Å². The van der Waals surface area contributed by atoms with Crippen LogP contribution >= 0.6 is 11.8 Å². The third kappa shape index (κ3) is 3.66. The van der Waals surface area contributed by atoms with Gasteiger partial charge in [-0.3, -0.25) is 9.73 Å². The van der Waals surface area contributed by atoms with Crippen molar-refractivity contribution in [1.29, 1.82) is 0 Å². The zero-order valence-corrected chi connectivity index (χ0v) is 17.7. The van der Waals surface area contributed by atoms with Crippen LogP contribution in [0.3, 0.4) is 0 Å². The molecular weight excluding hydrogens is 392 g/mol. The van der Waals surface area contributed by atoms with Gasteiger partial charge in [-0.15, -0.1) is 0 Å². The number of nitrogens with one attached hydrogen (secondary N) is 1. The van der Waals surface area contributed by atoms with E-state index in [1.54, 1.807) is 11.8 Å². The highest BCUT2D eigenvalue weighted by atomic mass is 32.2. The van der Waals surface area contributed by atoms with Gasteiger partial charge in [-0.25, -0.2) is 13.4 Å². The summed E-state index contributed by atoms with van der Waals surface area (Å²) in [5, 5.41) is 5.29. The molecule has 0 atom stereocenters. The molecule has 2 aliphatic heterocycles. The number of aliphatic imine (C=N–C) groups is 1. The third-order valence-corrected chi connectivity index (χ3v) is 7.15. The summed E-state index contributed by atoms with van der Waals surface area (Å²) < 4.78 is 25.2. The fraction of sp³-hybridized carbons (Fsp3) is 0.300. The third-order valence-electron chi connectivity index (χ3n) is 5.10. The van der Waals surface area contributed by atoms with Crippen LogP contribution in [0.25, 0.3) is 0 Å². The Labute approximate surface area is 169 Å². The van der Waals surface area contributed by atoms with Crippen LogP contribution in [0.2, 0.25) is 0 Å². The minimum absolute atomic E-state index is 0.504. The Bertz CT molecular complexity index is 1110. The molecule has 6 nitrogen and oxygen atoms in total. The van der Waals surface area contributed by atoms with Gasteiger partial charge in [-0.05, 0) is 60.7 Å². The van der Waals surface area contributed by atoms with Crippen LogP contribution in [0.1, 0.15) is 22.3 Å². The standard InChI is InChI=1S/C20H22N4O2S2/c1-13-5-4-6-17(14(13)2)21-20-23-22-18(12-27-20)15-7-8-19-16(11-15)9-10-24(19)28(3,25)26/h4-8,11H,9-10,12H2,1-3H3,(H,21,23). The number of benzene rings is 2. The van der Waals surface area contributed by atoms with Crippen molar-refractivity contribution >= 4 is 44.0 Å². The summed E-state index contributed by atoms with van der Waals surface area (Å²) in [7, 11) is -3.23. The van der Waals surface area contributed by atoms with Crippen molar-refractivity contribution in [3.05, 3.63) is 58.7 Å². The Balaban J connectivity index is 1.55. The molecule has 0 bridgehead atoms. The lowest BCUT2D eigenvalue weighted by atomic mass is 10.1. The predicted octanol–water partition coefficient (Wildman–Crippen LogP) is 3.35. The molecule has 0 aliphatic carbocycles. The number of sulfonamides is 1. The van der Waals surface area contributed by atoms with E-state index in [-0.39, 0.29) is 0 Å². The number of hydrogen-bond acceptors (Lipinski definition) is 5. The molecule has 146 valence electrons. The van der Waals surface area contributed by atoms with Gasteiger partial charge in [0.25, 0.3) is 0 Å². The number of hydrogen-bond donors (Lipinski definition) is 1. The maximum Gasteiger partial charge on any atom is 0.232 e. The minimum Gasteiger partial charge on any atom is -0.270 e. The van der Waals surface area contributed by atoms with Gasteiger partial charge in [0.1, 0.15) is 0 Å². The van der Waals surface area contributed by atoms with Crippen LogP contribution in [0, 0.1) is 13.8 Å². The van der Waals surface area contributed by atoms with Crippen LogP contribution in [0.4, 0.5) is 11.4 Å². The van der Waals surface area contributed by atoms with E-state index in [4.69, 9.17) is 0 Å². The van der Waals surface area contributed by atoms with Crippen molar-refractivity contribution < 1.29 is 8.42 Å². The summed E-state index contributed by atoms with van der Waals surface area (Å²) in [5.41, 5.74) is 10.2. The molecule has 0 radical (unpaired) electrons. The van der Waals surface area contributed by atoms with E-state index in [0.29, 0.717) is 12.3 Å². The first kappa shape index (κ1) is 19.0. The molecule has 2 aliphatic rings. The first-order valence-electron chi connectivity index (χ1n) is 9.04. The number of anilines is 1. The summed E-state index contributed by atoms with van der Waals surface area (Å²) in [4.78, 5) is 4.69. The Hall–Kier alpha value is -2.32. The molecule has 0 unspecified atom stereocenters. The number of amidine groups is 1. The fourth-order valence-electron chi connectivity index (χ4n) is 3.38. The van der Waals surface area contributed by atoms with Gasteiger partial charge in [0.15, 0.2) is 5.17 Å². The lowest BCUT2D eigenvalue weighted by molar-refractivity contribution is 0.598. The van der Waals surface area contributed by atoms with Gasteiger partial charge in [-0.1, -0.05) is 30.0 Å². The van der Waals surface area contributed by atoms with E-state index in [1.165, 1.54) is 21.7 Å². The van der Waals surface area contributed by atoms with Crippen molar-refractivity contribution in [2.24, 2.45) is 10.1 Å². The lowest BCUT2D eigenvalue weighted by Gasteiger charge is -2.18. The lowest BCUT2D eigenvalue weighted by Crippen LogP contribution is -2.27. The molecule has 8 heteroatoms. The molecule has 2 heterocycles. The monoisotopic (exact) mass is 414 g/mol. The molecule has 2 aromatic carbocycles. The molecular formula is C20H22N4O2S2. The number of aryl methyl sites for hydroxylation is 1.